The van der Waals surface area contributed by atoms with Crippen LogP contribution in [0, 0.1) is 0 Å². The number of pyridine rings is 2. The van der Waals surface area contributed by atoms with Gasteiger partial charge < -0.3 is 4.57 Å². The lowest BCUT2D eigenvalue weighted by atomic mass is 10.1. The van der Waals surface area contributed by atoms with Gasteiger partial charge in [0.1, 0.15) is 10.4 Å². The topological polar surface area (TPSA) is 73.8 Å². The maximum atomic E-state index is 13.8. The molecule has 0 saturated carbocycles. The average molecular weight is 530 g/mol. The third-order valence-electron chi connectivity index (χ3n) is 6.78. The lowest BCUT2D eigenvalue weighted by Gasteiger charge is -2.16. The van der Waals surface area contributed by atoms with Crippen molar-refractivity contribution in [1.29, 1.82) is 0 Å². The van der Waals surface area contributed by atoms with E-state index in [1.165, 1.54) is 0 Å². The second-order valence-corrected chi connectivity index (χ2v) is 9.66. The summed E-state index contributed by atoms with van der Waals surface area (Å²) in [6.45, 7) is 2.43. The van der Waals surface area contributed by atoms with Crippen molar-refractivity contribution in [1.82, 2.24) is 33.6 Å². The molecule has 9 heteroatoms. The van der Waals surface area contributed by atoms with E-state index in [9.17, 15) is 4.79 Å². The SMILES string of the molecule is Cn1c(Br)cnc1CN1CC[C@H](n2c(=O)n(-c3ccc(-c4ccncc4)cc3)c3cccnc32)C1. The third kappa shape index (κ3) is 3.90. The lowest BCUT2D eigenvalue weighted by Crippen LogP contribution is -2.29. The highest BCUT2D eigenvalue weighted by atomic mass is 79.9. The smallest absolute Gasteiger partial charge is 0.325 e. The number of rotatable bonds is 5. The molecule has 5 heterocycles. The predicted molar refractivity (Wildman–Crippen MR) is 138 cm³/mol. The molecule has 1 atom stereocenters. The maximum Gasteiger partial charge on any atom is 0.335 e. The molecule has 0 aliphatic carbocycles. The zero-order valence-corrected chi connectivity index (χ0v) is 20.8. The van der Waals surface area contributed by atoms with Gasteiger partial charge in [-0.15, -0.1) is 0 Å². The van der Waals surface area contributed by atoms with E-state index in [2.05, 4.69) is 35.8 Å². The minimum atomic E-state index is -0.0538. The number of aromatic nitrogens is 6. The Kier molecular flexibility index (Phi) is 5.58. The van der Waals surface area contributed by atoms with E-state index in [1.807, 2.05) is 70.9 Å². The molecular formula is C26H24BrN7O. The fourth-order valence-electron chi connectivity index (χ4n) is 4.91. The molecule has 0 amide bonds. The summed E-state index contributed by atoms with van der Waals surface area (Å²) < 4.78 is 6.65. The molecule has 8 nitrogen and oxygen atoms in total. The van der Waals surface area contributed by atoms with Crippen molar-refractivity contribution >= 4 is 27.1 Å². The summed E-state index contributed by atoms with van der Waals surface area (Å²) in [7, 11) is 2.00. The minimum absolute atomic E-state index is 0.0538. The van der Waals surface area contributed by atoms with Gasteiger partial charge >= 0.3 is 5.69 Å². The van der Waals surface area contributed by atoms with Crippen molar-refractivity contribution in [2.75, 3.05) is 13.1 Å². The van der Waals surface area contributed by atoms with Crippen LogP contribution in [0.3, 0.4) is 0 Å². The molecule has 0 N–H and O–H groups in total. The number of benzene rings is 1. The molecular weight excluding hydrogens is 506 g/mol. The standard InChI is InChI=1S/C26H24BrN7O/c1-31-23(27)15-30-24(31)17-32-14-10-21(16-32)34-25-22(3-2-11-29-25)33(26(34)35)20-6-4-18(5-7-20)19-8-12-28-13-9-19/h2-9,11-13,15,21H,10,14,16-17H2,1H3/t21-/m0/s1. The van der Waals surface area contributed by atoms with Gasteiger partial charge in [-0.2, -0.15) is 0 Å². The summed E-state index contributed by atoms with van der Waals surface area (Å²) in [6.07, 6.45) is 8.04. The Morgan fingerprint density at radius 1 is 1.00 bits per heavy atom. The van der Waals surface area contributed by atoms with Crippen molar-refractivity contribution in [2.45, 2.75) is 19.0 Å². The Labute approximate surface area is 210 Å². The maximum absolute atomic E-state index is 13.8. The lowest BCUT2D eigenvalue weighted by molar-refractivity contribution is 0.304. The first-order chi connectivity index (χ1) is 17.1. The molecule has 0 spiro atoms. The molecule has 0 bridgehead atoms. The third-order valence-corrected chi connectivity index (χ3v) is 7.51. The highest BCUT2D eigenvalue weighted by Crippen LogP contribution is 2.27. The number of imidazole rings is 2. The van der Waals surface area contributed by atoms with Crippen LogP contribution < -0.4 is 5.69 Å². The number of hydrogen-bond donors (Lipinski definition) is 0. The van der Waals surface area contributed by atoms with Gasteiger partial charge in [0.25, 0.3) is 0 Å². The Bertz CT molecular complexity index is 1550. The van der Waals surface area contributed by atoms with Crippen molar-refractivity contribution in [3.63, 3.8) is 0 Å². The van der Waals surface area contributed by atoms with Crippen LogP contribution in [0.15, 0.2) is 82.7 Å². The summed E-state index contributed by atoms with van der Waals surface area (Å²) in [4.78, 5) is 29.4. The number of nitrogens with zero attached hydrogens (tertiary/aromatic N) is 7. The van der Waals surface area contributed by atoms with E-state index in [-0.39, 0.29) is 11.7 Å². The Balaban J connectivity index is 1.34. The zero-order chi connectivity index (χ0) is 23.9. The molecule has 4 aromatic heterocycles. The molecule has 0 radical (unpaired) electrons. The fraction of sp³-hybridized carbons (Fsp3) is 0.231. The van der Waals surface area contributed by atoms with Crippen LogP contribution in [-0.4, -0.2) is 46.6 Å². The second kappa shape index (κ2) is 8.90. The van der Waals surface area contributed by atoms with Crippen LogP contribution in [0.2, 0.25) is 0 Å². The zero-order valence-electron chi connectivity index (χ0n) is 19.3. The highest BCUT2D eigenvalue weighted by Gasteiger charge is 2.29. The van der Waals surface area contributed by atoms with Gasteiger partial charge in [0.15, 0.2) is 5.65 Å². The summed E-state index contributed by atoms with van der Waals surface area (Å²) >= 11 is 3.52. The molecule has 35 heavy (non-hydrogen) atoms. The number of fused-ring (bicyclic) bond motifs is 1. The summed E-state index contributed by atoms with van der Waals surface area (Å²) in [6, 6.07) is 15.9. The van der Waals surface area contributed by atoms with E-state index in [0.29, 0.717) is 0 Å². The summed E-state index contributed by atoms with van der Waals surface area (Å²) in [5, 5.41) is 0. The van der Waals surface area contributed by atoms with Crippen LogP contribution in [0.1, 0.15) is 18.3 Å². The van der Waals surface area contributed by atoms with Crippen LogP contribution in [0.25, 0.3) is 28.0 Å². The average Bonchev–Trinajstić information content (AvgIpc) is 3.56. The first-order valence-corrected chi connectivity index (χ1v) is 12.4. The molecule has 1 aliphatic rings. The first-order valence-electron chi connectivity index (χ1n) is 11.6. The quantitative estimate of drug-likeness (QED) is 0.341. The normalized spacial score (nSPS) is 16.3. The molecule has 1 aromatic carbocycles. The Hall–Kier alpha value is -3.56. The molecule has 176 valence electrons. The van der Waals surface area contributed by atoms with Crippen LogP contribution in [0.4, 0.5) is 0 Å². The van der Waals surface area contributed by atoms with Gasteiger partial charge in [-0.1, -0.05) is 12.1 Å². The molecule has 0 unspecified atom stereocenters. The molecule has 6 rings (SSSR count). The molecule has 1 saturated heterocycles. The number of likely N-dealkylation sites (tertiary alicyclic amines) is 1. The van der Waals surface area contributed by atoms with Gasteiger partial charge in [-0.05, 0) is 69.9 Å². The van der Waals surface area contributed by atoms with Crippen molar-refractivity contribution in [2.24, 2.45) is 7.05 Å². The first kappa shape index (κ1) is 21.9. The van der Waals surface area contributed by atoms with E-state index < -0.39 is 0 Å². The Morgan fingerprint density at radius 2 is 1.77 bits per heavy atom. The van der Waals surface area contributed by atoms with Gasteiger partial charge in [0.05, 0.1) is 30.0 Å². The molecule has 1 fully saturated rings. The van der Waals surface area contributed by atoms with E-state index in [1.54, 1.807) is 23.2 Å². The van der Waals surface area contributed by atoms with Gasteiger partial charge in [-0.25, -0.2) is 14.8 Å². The van der Waals surface area contributed by atoms with E-state index >= 15 is 0 Å². The van der Waals surface area contributed by atoms with Gasteiger partial charge in [-0.3, -0.25) is 19.0 Å². The number of hydrogen-bond acceptors (Lipinski definition) is 5. The van der Waals surface area contributed by atoms with Crippen molar-refractivity contribution in [3.05, 3.63) is 94.2 Å². The van der Waals surface area contributed by atoms with Gasteiger partial charge in [0.2, 0.25) is 0 Å². The fourth-order valence-corrected chi connectivity index (χ4v) is 5.22. The minimum Gasteiger partial charge on any atom is -0.325 e. The predicted octanol–water partition coefficient (Wildman–Crippen LogP) is 4.19. The second-order valence-electron chi connectivity index (χ2n) is 8.85. The van der Waals surface area contributed by atoms with Crippen LogP contribution >= 0.6 is 15.9 Å². The molecule has 5 aromatic rings. The van der Waals surface area contributed by atoms with Gasteiger partial charge in [0, 0.05) is 38.7 Å². The monoisotopic (exact) mass is 529 g/mol. The van der Waals surface area contributed by atoms with E-state index in [0.717, 1.165) is 64.5 Å². The summed E-state index contributed by atoms with van der Waals surface area (Å²) in [5.41, 5.74) is 4.49. The largest absolute Gasteiger partial charge is 0.335 e. The van der Waals surface area contributed by atoms with Crippen LogP contribution in [-0.2, 0) is 13.6 Å². The summed E-state index contributed by atoms with van der Waals surface area (Å²) in [5.74, 6) is 1.000. The van der Waals surface area contributed by atoms with Crippen LogP contribution in [0.5, 0.6) is 0 Å². The number of halogens is 1. The van der Waals surface area contributed by atoms with Crippen molar-refractivity contribution < 1.29 is 0 Å². The van der Waals surface area contributed by atoms with E-state index in [4.69, 9.17) is 0 Å². The molecule has 1 aliphatic heterocycles. The Morgan fingerprint density at radius 3 is 2.51 bits per heavy atom. The van der Waals surface area contributed by atoms with Crippen molar-refractivity contribution in [3.8, 4) is 16.8 Å². The highest BCUT2D eigenvalue weighted by molar-refractivity contribution is 9.10.